The highest BCUT2D eigenvalue weighted by Gasteiger charge is 2.16. The molecule has 5 aromatic rings. The number of thiophene rings is 1. The van der Waals surface area contributed by atoms with Gasteiger partial charge >= 0.3 is 0 Å². The molecule has 3 aromatic heterocycles. The van der Waals surface area contributed by atoms with Crippen molar-refractivity contribution in [1.29, 1.82) is 0 Å². The van der Waals surface area contributed by atoms with E-state index in [4.69, 9.17) is 4.98 Å². The van der Waals surface area contributed by atoms with Crippen molar-refractivity contribution in [2.75, 3.05) is 11.1 Å². The average molecular weight is 518 g/mol. The van der Waals surface area contributed by atoms with Crippen LogP contribution in [0.3, 0.4) is 0 Å². The highest BCUT2D eigenvalue weighted by molar-refractivity contribution is 7.99. The zero-order chi connectivity index (χ0) is 24.4. The van der Waals surface area contributed by atoms with E-state index >= 15 is 0 Å². The molecule has 35 heavy (non-hydrogen) atoms. The summed E-state index contributed by atoms with van der Waals surface area (Å²) < 4.78 is 3.16. The van der Waals surface area contributed by atoms with Gasteiger partial charge in [-0.05, 0) is 61.9 Å². The Labute approximate surface area is 215 Å². The second-order valence-electron chi connectivity index (χ2n) is 8.06. The summed E-state index contributed by atoms with van der Waals surface area (Å²) in [6.45, 7) is 8.57. The zero-order valence-electron chi connectivity index (χ0n) is 19.3. The largest absolute Gasteiger partial charge is 0.325 e. The first kappa shape index (κ1) is 23.5. The molecule has 0 saturated heterocycles. The van der Waals surface area contributed by atoms with E-state index in [1.807, 2.05) is 34.9 Å². The van der Waals surface area contributed by atoms with Gasteiger partial charge in [-0.3, -0.25) is 9.36 Å². The van der Waals surface area contributed by atoms with Crippen molar-refractivity contribution >= 4 is 56.2 Å². The number of carbonyl (C=O) groups is 1. The number of anilines is 1. The molecule has 0 unspecified atom stereocenters. The van der Waals surface area contributed by atoms with E-state index in [2.05, 4.69) is 65.6 Å². The molecule has 9 heteroatoms. The van der Waals surface area contributed by atoms with E-state index in [1.165, 1.54) is 26.9 Å². The van der Waals surface area contributed by atoms with E-state index in [0.717, 1.165) is 33.2 Å². The summed E-state index contributed by atoms with van der Waals surface area (Å²) in [7, 11) is 0. The maximum absolute atomic E-state index is 12.6. The fraction of sp³-hybridized carbons (Fsp3) is 0.154. The van der Waals surface area contributed by atoms with Gasteiger partial charge in [0.25, 0.3) is 0 Å². The van der Waals surface area contributed by atoms with Crippen molar-refractivity contribution in [2.45, 2.75) is 25.5 Å². The smallest absolute Gasteiger partial charge is 0.234 e. The van der Waals surface area contributed by atoms with Crippen LogP contribution >= 0.6 is 34.4 Å². The number of amides is 1. The minimum absolute atomic E-state index is 0.0979. The summed E-state index contributed by atoms with van der Waals surface area (Å²) in [5, 5.41) is 15.4. The van der Waals surface area contributed by atoms with Crippen LogP contribution in [0.1, 0.15) is 10.4 Å². The van der Waals surface area contributed by atoms with Gasteiger partial charge < -0.3 is 5.32 Å². The summed E-state index contributed by atoms with van der Waals surface area (Å²) in [6.07, 6.45) is 1.81. The van der Waals surface area contributed by atoms with Crippen LogP contribution in [-0.2, 0) is 11.3 Å². The molecule has 0 spiro atoms. The SMILES string of the molecule is C=CCn1c(SCC(=O)Nc2ccc(-c3nc4ccc(C)cc4s3)cc2)nnc1-c1csc(C)c1. The standard InChI is InChI=1S/C26H23N5OS3/c1-4-11-31-24(19-13-17(3)33-14-19)29-30-26(31)34-15-23(32)27-20-8-6-18(7-9-20)25-28-21-10-5-16(2)12-22(21)35-25/h4-10,12-14H,1,11,15H2,2-3H3,(H,27,32). The van der Waals surface area contributed by atoms with Crippen LogP contribution < -0.4 is 5.32 Å². The number of aryl methyl sites for hydroxylation is 2. The van der Waals surface area contributed by atoms with Gasteiger partial charge in [0.05, 0.1) is 16.0 Å². The maximum atomic E-state index is 12.6. The molecule has 0 aliphatic carbocycles. The lowest BCUT2D eigenvalue weighted by Crippen LogP contribution is -2.14. The average Bonchev–Trinajstić information content (AvgIpc) is 3.56. The number of thiazole rings is 1. The number of hydrogen-bond donors (Lipinski definition) is 1. The number of nitrogens with one attached hydrogen (secondary N) is 1. The first-order valence-electron chi connectivity index (χ1n) is 11.0. The number of nitrogens with zero attached hydrogens (tertiary/aromatic N) is 4. The lowest BCUT2D eigenvalue weighted by molar-refractivity contribution is -0.113. The van der Waals surface area contributed by atoms with Crippen LogP contribution in [0.25, 0.3) is 32.2 Å². The molecule has 176 valence electrons. The molecule has 0 fully saturated rings. The third-order valence-corrected chi connectivity index (χ3v) is 8.20. The fourth-order valence-corrected chi connectivity index (χ4v) is 6.14. The lowest BCUT2D eigenvalue weighted by Gasteiger charge is -2.08. The maximum Gasteiger partial charge on any atom is 0.234 e. The summed E-state index contributed by atoms with van der Waals surface area (Å²) in [6, 6.07) is 16.2. The second kappa shape index (κ2) is 10.2. The van der Waals surface area contributed by atoms with Gasteiger partial charge in [0.1, 0.15) is 5.01 Å². The quantitative estimate of drug-likeness (QED) is 0.181. The number of carbonyl (C=O) groups excluding carboxylic acids is 1. The summed E-state index contributed by atoms with van der Waals surface area (Å²) in [5.41, 5.74) is 5.04. The number of allylic oxidation sites excluding steroid dienone is 1. The van der Waals surface area contributed by atoms with E-state index in [-0.39, 0.29) is 11.7 Å². The Hall–Kier alpha value is -3.27. The predicted molar refractivity (Wildman–Crippen MR) is 147 cm³/mol. The van der Waals surface area contributed by atoms with Gasteiger partial charge in [-0.15, -0.1) is 39.4 Å². The highest BCUT2D eigenvalue weighted by atomic mass is 32.2. The van der Waals surface area contributed by atoms with Crippen LogP contribution in [0.5, 0.6) is 0 Å². The van der Waals surface area contributed by atoms with E-state index in [0.29, 0.717) is 11.7 Å². The Morgan fingerprint density at radius 2 is 1.94 bits per heavy atom. The van der Waals surface area contributed by atoms with Gasteiger partial charge in [0.15, 0.2) is 11.0 Å². The number of thioether (sulfide) groups is 1. The molecule has 0 atom stereocenters. The van der Waals surface area contributed by atoms with Crippen molar-refractivity contribution in [1.82, 2.24) is 19.7 Å². The Morgan fingerprint density at radius 3 is 2.69 bits per heavy atom. The van der Waals surface area contributed by atoms with Crippen LogP contribution in [0.15, 0.2) is 71.7 Å². The zero-order valence-corrected chi connectivity index (χ0v) is 21.8. The number of benzene rings is 2. The van der Waals surface area contributed by atoms with Crippen LogP contribution in [0.4, 0.5) is 5.69 Å². The van der Waals surface area contributed by atoms with Crippen LogP contribution in [-0.4, -0.2) is 31.4 Å². The number of hydrogen-bond acceptors (Lipinski definition) is 7. The fourth-order valence-electron chi connectivity index (χ4n) is 3.64. The molecule has 5 rings (SSSR count). The van der Waals surface area contributed by atoms with Crippen molar-refractivity contribution in [3.8, 4) is 22.0 Å². The van der Waals surface area contributed by atoms with Gasteiger partial charge in [-0.2, -0.15) is 0 Å². The minimum atomic E-state index is -0.0979. The molecular weight excluding hydrogens is 495 g/mol. The van der Waals surface area contributed by atoms with Crippen LogP contribution in [0.2, 0.25) is 0 Å². The molecular formula is C26H23N5OS3. The summed E-state index contributed by atoms with van der Waals surface area (Å²) >= 11 is 4.71. The molecule has 6 nitrogen and oxygen atoms in total. The number of rotatable bonds is 8. The summed E-state index contributed by atoms with van der Waals surface area (Å²) in [4.78, 5) is 18.6. The van der Waals surface area contributed by atoms with E-state index in [1.54, 1.807) is 22.7 Å². The van der Waals surface area contributed by atoms with Gasteiger partial charge in [-0.1, -0.05) is 23.9 Å². The molecule has 1 amide bonds. The Morgan fingerprint density at radius 1 is 1.11 bits per heavy atom. The topological polar surface area (TPSA) is 72.7 Å². The molecule has 0 saturated carbocycles. The van der Waals surface area contributed by atoms with Crippen molar-refractivity contribution in [3.63, 3.8) is 0 Å². The molecule has 0 radical (unpaired) electrons. The van der Waals surface area contributed by atoms with Crippen LogP contribution in [0, 0.1) is 13.8 Å². The number of aromatic nitrogens is 4. The molecule has 3 heterocycles. The summed E-state index contributed by atoms with van der Waals surface area (Å²) in [5.74, 6) is 0.925. The molecule has 0 bridgehead atoms. The Bertz CT molecular complexity index is 1510. The first-order chi connectivity index (χ1) is 17.0. The van der Waals surface area contributed by atoms with E-state index in [9.17, 15) is 4.79 Å². The molecule has 0 aliphatic heterocycles. The monoisotopic (exact) mass is 517 g/mol. The minimum Gasteiger partial charge on any atom is -0.325 e. The molecule has 2 aromatic carbocycles. The Kier molecular flexibility index (Phi) is 6.81. The molecule has 0 aliphatic rings. The van der Waals surface area contributed by atoms with Gasteiger partial charge in [0, 0.05) is 33.6 Å². The Balaban J connectivity index is 1.23. The third kappa shape index (κ3) is 5.22. The highest BCUT2D eigenvalue weighted by Crippen LogP contribution is 2.31. The predicted octanol–water partition coefficient (Wildman–Crippen LogP) is 6.82. The van der Waals surface area contributed by atoms with Crippen molar-refractivity contribution in [2.24, 2.45) is 0 Å². The van der Waals surface area contributed by atoms with Crippen molar-refractivity contribution in [3.05, 3.63) is 77.0 Å². The van der Waals surface area contributed by atoms with E-state index < -0.39 is 0 Å². The lowest BCUT2D eigenvalue weighted by atomic mass is 10.2. The second-order valence-corrected chi connectivity index (χ2v) is 11.1. The third-order valence-electron chi connectivity index (χ3n) is 5.31. The normalized spacial score (nSPS) is 11.1. The molecule has 1 N–H and O–H groups in total. The van der Waals surface area contributed by atoms with Gasteiger partial charge in [-0.25, -0.2) is 4.98 Å². The number of fused-ring (bicyclic) bond motifs is 1. The van der Waals surface area contributed by atoms with Gasteiger partial charge in [0.2, 0.25) is 5.91 Å². The van der Waals surface area contributed by atoms with Crippen molar-refractivity contribution < 1.29 is 4.79 Å². The first-order valence-corrected chi connectivity index (χ1v) is 13.7.